The lowest BCUT2D eigenvalue weighted by atomic mass is 9.92. The number of hydrogen-bond acceptors (Lipinski definition) is 5. The van der Waals surface area contributed by atoms with Gasteiger partial charge in [0.05, 0.1) is 7.11 Å². The Bertz CT molecular complexity index is 481. The SMILES string of the molecule is CCCCC(CC)Cc1ccc(OC)cc1.O=C1CC(=O)OCO1. The Morgan fingerprint density at radius 2 is 1.71 bits per heavy atom. The van der Waals surface area contributed by atoms with Gasteiger partial charge in [-0.2, -0.15) is 0 Å². The van der Waals surface area contributed by atoms with Crippen LogP contribution in [0.15, 0.2) is 24.3 Å². The summed E-state index contributed by atoms with van der Waals surface area (Å²) in [6, 6.07) is 8.49. The van der Waals surface area contributed by atoms with Gasteiger partial charge in [-0.05, 0) is 30.0 Å². The van der Waals surface area contributed by atoms with E-state index in [2.05, 4.69) is 47.6 Å². The van der Waals surface area contributed by atoms with Crippen molar-refractivity contribution in [2.24, 2.45) is 5.92 Å². The lowest BCUT2D eigenvalue weighted by molar-refractivity contribution is -0.181. The zero-order chi connectivity index (χ0) is 17.8. The molecule has 0 N–H and O–H groups in total. The van der Waals surface area contributed by atoms with Gasteiger partial charge in [-0.15, -0.1) is 0 Å². The fourth-order valence-corrected chi connectivity index (χ4v) is 2.42. The number of carbonyl (C=O) groups is 2. The normalized spacial score (nSPS) is 14.8. The zero-order valence-corrected chi connectivity index (χ0v) is 14.9. The van der Waals surface area contributed by atoms with Gasteiger partial charge in [0.15, 0.2) is 0 Å². The molecule has 5 heteroatoms. The van der Waals surface area contributed by atoms with E-state index >= 15 is 0 Å². The van der Waals surface area contributed by atoms with Gasteiger partial charge in [-0.25, -0.2) is 0 Å². The predicted octanol–water partition coefficient (Wildman–Crippen LogP) is 3.89. The average molecular weight is 336 g/mol. The molecule has 134 valence electrons. The van der Waals surface area contributed by atoms with Crippen LogP contribution < -0.4 is 4.74 Å². The second kappa shape index (κ2) is 11.5. The molecule has 1 unspecified atom stereocenters. The lowest BCUT2D eigenvalue weighted by Gasteiger charge is -2.14. The van der Waals surface area contributed by atoms with E-state index in [0.717, 1.165) is 11.7 Å². The second-order valence-corrected chi connectivity index (χ2v) is 5.80. The molecule has 2 rings (SSSR count). The van der Waals surface area contributed by atoms with E-state index in [1.807, 2.05) is 0 Å². The Kier molecular flexibility index (Phi) is 9.58. The Hall–Kier alpha value is -2.04. The first-order valence-electron chi connectivity index (χ1n) is 8.53. The Labute approximate surface area is 144 Å². The first kappa shape index (κ1) is 20.0. The van der Waals surface area contributed by atoms with Crippen LogP contribution in [-0.2, 0) is 25.5 Å². The van der Waals surface area contributed by atoms with Gasteiger partial charge in [-0.3, -0.25) is 9.59 Å². The predicted molar refractivity (Wildman–Crippen MR) is 91.7 cm³/mol. The number of hydrogen-bond donors (Lipinski definition) is 0. The van der Waals surface area contributed by atoms with Crippen molar-refractivity contribution in [1.29, 1.82) is 0 Å². The number of unbranched alkanes of at least 4 members (excludes halogenated alkanes) is 1. The molecule has 0 bridgehead atoms. The number of cyclic esters (lactones) is 2. The minimum Gasteiger partial charge on any atom is -0.497 e. The molecule has 1 heterocycles. The highest BCUT2D eigenvalue weighted by molar-refractivity contribution is 5.92. The molecule has 1 aromatic rings. The van der Waals surface area contributed by atoms with Crippen LogP contribution in [0.1, 0.15) is 51.5 Å². The number of methoxy groups -OCH3 is 1. The van der Waals surface area contributed by atoms with E-state index in [0.29, 0.717) is 0 Å². The molecule has 1 atom stereocenters. The van der Waals surface area contributed by atoms with Crippen molar-refractivity contribution >= 4 is 11.9 Å². The van der Waals surface area contributed by atoms with Crippen molar-refractivity contribution in [3.63, 3.8) is 0 Å². The third-order valence-electron chi connectivity index (χ3n) is 3.96. The van der Waals surface area contributed by atoms with Crippen molar-refractivity contribution in [3.05, 3.63) is 29.8 Å². The van der Waals surface area contributed by atoms with E-state index in [9.17, 15) is 9.59 Å². The summed E-state index contributed by atoms with van der Waals surface area (Å²) in [5.74, 6) is 0.765. The van der Waals surface area contributed by atoms with Crippen LogP contribution in [0.4, 0.5) is 0 Å². The van der Waals surface area contributed by atoms with E-state index < -0.39 is 11.9 Å². The summed E-state index contributed by atoms with van der Waals surface area (Å²) in [5.41, 5.74) is 1.43. The van der Waals surface area contributed by atoms with Crippen molar-refractivity contribution in [2.75, 3.05) is 13.9 Å². The fraction of sp³-hybridized carbons (Fsp3) is 0.579. The number of ether oxygens (including phenoxy) is 3. The highest BCUT2D eigenvalue weighted by Crippen LogP contribution is 2.20. The van der Waals surface area contributed by atoms with E-state index in [-0.39, 0.29) is 13.2 Å². The van der Waals surface area contributed by atoms with Crippen molar-refractivity contribution < 1.29 is 23.8 Å². The maximum absolute atomic E-state index is 10.2. The average Bonchev–Trinajstić information content (AvgIpc) is 2.59. The molecule has 1 aliphatic rings. The van der Waals surface area contributed by atoms with Crippen LogP contribution >= 0.6 is 0 Å². The van der Waals surface area contributed by atoms with Gasteiger partial charge in [0, 0.05) is 0 Å². The molecule has 5 nitrogen and oxygen atoms in total. The highest BCUT2D eigenvalue weighted by Gasteiger charge is 2.17. The number of benzene rings is 1. The molecule has 0 aromatic heterocycles. The molecule has 0 saturated carbocycles. The summed E-state index contributed by atoms with van der Waals surface area (Å²) in [6.45, 7) is 4.33. The Balaban J connectivity index is 0.000000300. The summed E-state index contributed by atoms with van der Waals surface area (Å²) in [4.78, 5) is 20.3. The Morgan fingerprint density at radius 3 is 2.12 bits per heavy atom. The lowest BCUT2D eigenvalue weighted by Crippen LogP contribution is -2.22. The van der Waals surface area contributed by atoms with Crippen LogP contribution in [0.25, 0.3) is 0 Å². The molecule has 0 radical (unpaired) electrons. The van der Waals surface area contributed by atoms with Gasteiger partial charge in [0.2, 0.25) is 6.79 Å². The van der Waals surface area contributed by atoms with Crippen LogP contribution in [-0.4, -0.2) is 25.8 Å². The molecule has 1 aromatic carbocycles. The quantitative estimate of drug-likeness (QED) is 0.558. The molecule has 1 fully saturated rings. The molecule has 0 spiro atoms. The monoisotopic (exact) mass is 336 g/mol. The summed E-state index contributed by atoms with van der Waals surface area (Å²) in [6.07, 6.45) is 6.26. The van der Waals surface area contributed by atoms with Crippen LogP contribution in [0.3, 0.4) is 0 Å². The van der Waals surface area contributed by atoms with Gasteiger partial charge >= 0.3 is 11.9 Å². The van der Waals surface area contributed by atoms with Crippen molar-refractivity contribution in [1.82, 2.24) is 0 Å². The maximum atomic E-state index is 10.2. The molecule has 0 amide bonds. The topological polar surface area (TPSA) is 61.8 Å². The van der Waals surface area contributed by atoms with Crippen LogP contribution in [0, 0.1) is 5.92 Å². The molecular weight excluding hydrogens is 308 g/mol. The minimum absolute atomic E-state index is 0.225. The molecular formula is C19H28O5. The van der Waals surface area contributed by atoms with Crippen LogP contribution in [0.2, 0.25) is 0 Å². The first-order chi connectivity index (χ1) is 11.6. The first-order valence-corrected chi connectivity index (χ1v) is 8.53. The molecule has 1 aliphatic heterocycles. The molecule has 0 aliphatic carbocycles. The highest BCUT2D eigenvalue weighted by atomic mass is 16.7. The summed E-state index contributed by atoms with van der Waals surface area (Å²) in [7, 11) is 1.71. The number of esters is 2. The Morgan fingerprint density at radius 1 is 1.08 bits per heavy atom. The van der Waals surface area contributed by atoms with Crippen molar-refractivity contribution in [3.8, 4) is 5.75 Å². The van der Waals surface area contributed by atoms with Crippen molar-refractivity contribution in [2.45, 2.75) is 52.4 Å². The third-order valence-corrected chi connectivity index (χ3v) is 3.96. The molecule has 1 saturated heterocycles. The fourth-order valence-electron chi connectivity index (χ4n) is 2.42. The van der Waals surface area contributed by atoms with E-state index in [4.69, 9.17) is 4.74 Å². The van der Waals surface area contributed by atoms with Crippen LogP contribution in [0.5, 0.6) is 5.75 Å². The summed E-state index contributed by atoms with van der Waals surface area (Å²) < 4.78 is 13.7. The third kappa shape index (κ3) is 7.99. The zero-order valence-electron chi connectivity index (χ0n) is 14.9. The van der Waals surface area contributed by atoms with Gasteiger partial charge in [0.25, 0.3) is 0 Å². The minimum atomic E-state index is -0.513. The van der Waals surface area contributed by atoms with E-state index in [1.54, 1.807) is 7.11 Å². The number of rotatable bonds is 7. The van der Waals surface area contributed by atoms with Gasteiger partial charge in [-0.1, -0.05) is 51.7 Å². The second-order valence-electron chi connectivity index (χ2n) is 5.80. The summed E-state index contributed by atoms with van der Waals surface area (Å²) in [5, 5.41) is 0. The number of carbonyl (C=O) groups excluding carboxylic acids is 2. The maximum Gasteiger partial charge on any atom is 0.320 e. The largest absolute Gasteiger partial charge is 0.497 e. The standard InChI is InChI=1S/C15H24O.C4H4O4/c1-4-6-7-13(5-2)12-14-8-10-15(16-3)11-9-14;5-3-1-4(6)8-2-7-3/h8-11,13H,4-7,12H2,1-3H3;1-2H2. The van der Waals surface area contributed by atoms with Gasteiger partial charge in [0.1, 0.15) is 12.2 Å². The van der Waals surface area contributed by atoms with Gasteiger partial charge < -0.3 is 14.2 Å². The smallest absolute Gasteiger partial charge is 0.320 e. The molecule has 24 heavy (non-hydrogen) atoms. The van der Waals surface area contributed by atoms with E-state index in [1.165, 1.54) is 37.7 Å². The summed E-state index contributed by atoms with van der Waals surface area (Å²) >= 11 is 0.